The lowest BCUT2D eigenvalue weighted by Crippen LogP contribution is -2.82. The van der Waals surface area contributed by atoms with Gasteiger partial charge < -0.3 is 47.2 Å². The molecule has 5 rings (SSSR count). The Morgan fingerprint density at radius 1 is 1.00 bits per heavy atom. The summed E-state index contributed by atoms with van der Waals surface area (Å²) >= 11 is 0. The summed E-state index contributed by atoms with van der Waals surface area (Å²) in [6.07, 6.45) is -7.18. The molecule has 2 saturated carbocycles. The van der Waals surface area contributed by atoms with Gasteiger partial charge in [-0.1, -0.05) is 32.0 Å². The second kappa shape index (κ2) is 13.5. The number of hydrogen-bond donors (Lipinski definition) is 3. The summed E-state index contributed by atoms with van der Waals surface area (Å²) in [5, 5.41) is 36.6. The van der Waals surface area contributed by atoms with Crippen molar-refractivity contribution in [1.82, 2.24) is 0 Å². The number of hydrogen-bond acceptors (Lipinski definition) is 13. The number of Topliss-reactive ketones (excluding diaryl/α,β-unsaturated/α-hetero) is 1. The van der Waals surface area contributed by atoms with Crippen LogP contribution in [0.1, 0.15) is 78.6 Å². The van der Waals surface area contributed by atoms with E-state index in [0.29, 0.717) is 5.57 Å². The second-order valence-corrected chi connectivity index (χ2v) is 16.2. The van der Waals surface area contributed by atoms with Crippen molar-refractivity contribution in [2.24, 2.45) is 16.7 Å². The third-order valence-corrected chi connectivity index (χ3v) is 13.7. The summed E-state index contributed by atoms with van der Waals surface area (Å²) in [5.74, 6) is -3.62. The summed E-state index contributed by atoms with van der Waals surface area (Å²) < 4.78 is 43.3. The molecule has 14 heteroatoms. The minimum absolute atomic E-state index is 0.0253. The molecule has 1 saturated heterocycles. The highest BCUT2D eigenvalue weighted by Crippen LogP contribution is 2.64. The molecule has 2 bridgehead atoms. The average molecular weight is 707 g/mol. The number of fused-ring (bicyclic) bond motifs is 5. The molecule has 13 nitrogen and oxygen atoms in total. The molecule has 0 spiro atoms. The fourth-order valence-corrected chi connectivity index (χ4v) is 10.9. The van der Waals surface area contributed by atoms with Crippen molar-refractivity contribution in [3.05, 3.63) is 47.0 Å². The van der Waals surface area contributed by atoms with Gasteiger partial charge in [0.1, 0.15) is 23.9 Å². The zero-order valence-corrected chi connectivity index (χ0v) is 30.5. The summed E-state index contributed by atoms with van der Waals surface area (Å²) in [6, 6.07) is 8.15. The highest BCUT2D eigenvalue weighted by atomic mass is 28.4. The van der Waals surface area contributed by atoms with Crippen LogP contribution in [-0.2, 0) is 41.5 Å². The van der Waals surface area contributed by atoms with Crippen LogP contribution >= 0.6 is 0 Å². The maximum atomic E-state index is 15.2. The number of benzene rings is 1. The monoisotopic (exact) mass is 706 g/mol. The van der Waals surface area contributed by atoms with Crippen LogP contribution in [0, 0.1) is 16.7 Å². The first-order valence-corrected chi connectivity index (χ1v) is 18.6. The first kappa shape index (κ1) is 37.7. The molecule has 4 aliphatic rings. The van der Waals surface area contributed by atoms with Gasteiger partial charge in [-0.05, 0) is 57.9 Å². The number of carbonyl (C=O) groups excluding carboxylic acids is 3. The van der Waals surface area contributed by atoms with E-state index in [9.17, 15) is 24.9 Å². The third-order valence-electron chi connectivity index (χ3n) is 11.2. The zero-order chi connectivity index (χ0) is 36.2. The molecule has 3 fully saturated rings. The van der Waals surface area contributed by atoms with Crippen LogP contribution in [0.25, 0.3) is 0 Å². The standard InChI is InChI=1S/C35H50O13Si/c1-9-43-49(44-10-2,45-11-3)48-24-17-25-34(19-42-25,47-21(5)36)28-30(46-31(40)22-15-13-12-14-16-22)35(41)18-23(37)20(4)26(32(35,6)7)27(38)29(39)33(24,28)8/h12-16,23-25,27-28,30,37-38,41H,9-11,17-19H2,1-8H3/t23-,24-,25+,27+,28?,30?,33+,34-,35+/m0/s1. The van der Waals surface area contributed by atoms with E-state index >= 15 is 4.79 Å². The van der Waals surface area contributed by atoms with Crippen LogP contribution in [0.15, 0.2) is 41.5 Å². The molecule has 3 N–H and O–H groups in total. The van der Waals surface area contributed by atoms with Gasteiger partial charge in [-0.3, -0.25) is 9.59 Å². The number of aliphatic hydroxyl groups is 3. The van der Waals surface area contributed by atoms with Crippen molar-refractivity contribution in [1.29, 1.82) is 0 Å². The van der Waals surface area contributed by atoms with Crippen LogP contribution in [-0.4, -0.2) is 110 Å². The van der Waals surface area contributed by atoms with Gasteiger partial charge in [0.05, 0.1) is 35.7 Å². The van der Waals surface area contributed by atoms with Gasteiger partial charge in [-0.2, -0.15) is 0 Å². The number of esters is 2. The summed E-state index contributed by atoms with van der Waals surface area (Å²) in [6.45, 7) is 13.2. The maximum Gasteiger partial charge on any atom is 0.679 e. The van der Waals surface area contributed by atoms with E-state index in [0.717, 1.165) is 0 Å². The van der Waals surface area contributed by atoms with Gasteiger partial charge in [-0.25, -0.2) is 4.79 Å². The average Bonchev–Trinajstić information content (AvgIpc) is 3.03. The first-order chi connectivity index (χ1) is 23.0. The highest BCUT2D eigenvalue weighted by Gasteiger charge is 2.78. The number of aliphatic hydroxyl groups excluding tert-OH is 2. The summed E-state index contributed by atoms with van der Waals surface area (Å²) in [7, 11) is -4.00. The number of carbonyl (C=O) groups is 3. The second-order valence-electron chi connectivity index (χ2n) is 14.1. The van der Waals surface area contributed by atoms with Gasteiger partial charge >= 0.3 is 21.0 Å². The van der Waals surface area contributed by atoms with Gasteiger partial charge in [0.2, 0.25) is 0 Å². The van der Waals surface area contributed by atoms with Crippen molar-refractivity contribution >= 4 is 26.8 Å². The van der Waals surface area contributed by atoms with Crippen LogP contribution < -0.4 is 0 Å². The Bertz CT molecular complexity index is 1450. The zero-order valence-electron chi connectivity index (χ0n) is 29.5. The predicted octanol–water partition coefficient (Wildman–Crippen LogP) is 2.65. The highest BCUT2D eigenvalue weighted by molar-refractivity contribution is 6.53. The van der Waals surface area contributed by atoms with Crippen LogP contribution in [0.5, 0.6) is 0 Å². The lowest BCUT2D eigenvalue weighted by Gasteiger charge is -2.68. The van der Waals surface area contributed by atoms with Gasteiger partial charge in [0.25, 0.3) is 0 Å². The normalized spacial score (nSPS) is 36.8. The van der Waals surface area contributed by atoms with Crippen LogP contribution in [0.4, 0.5) is 0 Å². The molecule has 0 radical (unpaired) electrons. The molecular formula is C35H50O13Si. The molecule has 0 aromatic heterocycles. The molecule has 49 heavy (non-hydrogen) atoms. The molecule has 1 aromatic carbocycles. The van der Waals surface area contributed by atoms with Crippen molar-refractivity contribution in [3.8, 4) is 0 Å². The lowest BCUT2D eigenvalue weighted by atomic mass is 9.44. The van der Waals surface area contributed by atoms with Crippen molar-refractivity contribution in [2.75, 3.05) is 26.4 Å². The van der Waals surface area contributed by atoms with Crippen LogP contribution in [0.2, 0.25) is 0 Å². The molecule has 2 unspecified atom stereocenters. The Morgan fingerprint density at radius 2 is 1.59 bits per heavy atom. The number of ether oxygens (including phenoxy) is 3. The largest absolute Gasteiger partial charge is 0.679 e. The van der Waals surface area contributed by atoms with Gasteiger partial charge in [0, 0.05) is 45.0 Å². The van der Waals surface area contributed by atoms with Crippen molar-refractivity contribution in [3.63, 3.8) is 0 Å². The predicted molar refractivity (Wildman–Crippen MR) is 175 cm³/mol. The van der Waals surface area contributed by atoms with Crippen molar-refractivity contribution in [2.45, 2.75) is 110 Å². The summed E-state index contributed by atoms with van der Waals surface area (Å²) in [5.41, 5.74) is -6.45. The van der Waals surface area contributed by atoms with Crippen molar-refractivity contribution < 1.29 is 61.6 Å². The topological polar surface area (TPSA) is 177 Å². The molecule has 1 aromatic rings. The Kier molecular flexibility index (Phi) is 10.4. The fraction of sp³-hybridized carbons (Fsp3) is 0.686. The van der Waals surface area contributed by atoms with E-state index in [2.05, 4.69) is 0 Å². The number of ketones is 1. The maximum absolute atomic E-state index is 15.2. The smallest absolute Gasteiger partial charge is 0.455 e. The van der Waals surface area contributed by atoms with E-state index < -0.39 is 85.2 Å². The minimum Gasteiger partial charge on any atom is -0.455 e. The number of rotatable bonds is 11. The van der Waals surface area contributed by atoms with E-state index in [4.69, 9.17) is 31.9 Å². The molecule has 1 heterocycles. The Balaban J connectivity index is 1.83. The van der Waals surface area contributed by atoms with E-state index in [1.54, 1.807) is 78.8 Å². The third kappa shape index (κ3) is 5.82. The van der Waals surface area contributed by atoms with Crippen LogP contribution in [0.3, 0.4) is 0 Å². The Hall–Kier alpha value is -2.53. The Morgan fingerprint density at radius 3 is 2.10 bits per heavy atom. The quantitative estimate of drug-likeness (QED) is 0.174. The minimum atomic E-state index is -4.00. The van der Waals surface area contributed by atoms with E-state index in [1.807, 2.05) is 0 Å². The molecule has 3 aliphatic carbocycles. The first-order valence-electron chi connectivity index (χ1n) is 17.0. The SMILES string of the molecule is CCO[Si](OCC)(OCC)O[C@H]1C[C@H]2OC[C@@]2(OC(C)=O)C2C(OC(=O)c3ccccc3)[C@]3(O)C[C@H](O)C(C)=C([C@@H](O)C(=O)[C@@]21C)C3(C)C. The van der Waals surface area contributed by atoms with E-state index in [-0.39, 0.29) is 50.4 Å². The van der Waals surface area contributed by atoms with Gasteiger partial charge in [-0.15, -0.1) is 0 Å². The molecule has 1 aliphatic heterocycles. The summed E-state index contributed by atoms with van der Waals surface area (Å²) in [4.78, 5) is 42.1. The fourth-order valence-electron chi connectivity index (χ4n) is 8.74. The molecular weight excluding hydrogens is 656 g/mol. The molecule has 9 atom stereocenters. The molecule has 272 valence electrons. The lowest BCUT2D eigenvalue weighted by molar-refractivity contribution is -0.346. The molecule has 0 amide bonds. The van der Waals surface area contributed by atoms with Gasteiger partial charge in [0.15, 0.2) is 11.4 Å². The van der Waals surface area contributed by atoms with E-state index in [1.165, 1.54) is 6.92 Å². The Labute approximate surface area is 288 Å².